The van der Waals surface area contributed by atoms with Crippen molar-refractivity contribution in [3.8, 4) is 0 Å². The van der Waals surface area contributed by atoms with Gasteiger partial charge in [0.05, 0.1) is 6.10 Å². The summed E-state index contributed by atoms with van der Waals surface area (Å²) in [5.74, 6) is 3.53. The molecule has 0 aromatic carbocycles. The lowest BCUT2D eigenvalue weighted by atomic mass is 9.47. The van der Waals surface area contributed by atoms with E-state index < -0.39 is 0 Å². The van der Waals surface area contributed by atoms with Crippen LogP contribution < -0.4 is 0 Å². The van der Waals surface area contributed by atoms with Crippen molar-refractivity contribution in [3.05, 3.63) is 11.6 Å². The summed E-state index contributed by atoms with van der Waals surface area (Å²) in [5.41, 5.74) is 1.96. The first-order chi connectivity index (χ1) is 15.7. The quantitative estimate of drug-likeness (QED) is 0.418. The van der Waals surface area contributed by atoms with E-state index in [9.17, 15) is 9.90 Å². The van der Waals surface area contributed by atoms with Gasteiger partial charge in [-0.1, -0.05) is 46.1 Å². The van der Waals surface area contributed by atoms with Crippen LogP contribution in [-0.4, -0.2) is 37.5 Å². The van der Waals surface area contributed by atoms with Crippen molar-refractivity contribution in [1.29, 1.82) is 0 Å². The summed E-state index contributed by atoms with van der Waals surface area (Å²) in [6.45, 7) is 10.2. The molecule has 0 heterocycles. The number of rotatable bonds is 9. The van der Waals surface area contributed by atoms with Crippen LogP contribution in [0, 0.1) is 46.3 Å². The van der Waals surface area contributed by atoms with E-state index in [-0.39, 0.29) is 17.4 Å². The van der Waals surface area contributed by atoms with Crippen molar-refractivity contribution >= 4 is 5.78 Å². The number of carbonyl (C=O) groups excluding carboxylic acids is 1. The zero-order valence-electron chi connectivity index (χ0n) is 21.8. The lowest BCUT2D eigenvalue weighted by molar-refractivity contribution is -0.142. The third-order valence-corrected chi connectivity index (χ3v) is 10.7. The Morgan fingerprint density at radius 3 is 2.48 bits per heavy atom. The smallest absolute Gasteiger partial charge is 0.159 e. The molecule has 33 heavy (non-hydrogen) atoms. The number of ether oxygens (including phenoxy) is 2. The molecule has 0 radical (unpaired) electrons. The van der Waals surface area contributed by atoms with Crippen molar-refractivity contribution in [2.24, 2.45) is 46.3 Å². The van der Waals surface area contributed by atoms with Gasteiger partial charge >= 0.3 is 0 Å². The van der Waals surface area contributed by atoms with Crippen LogP contribution in [0.4, 0.5) is 0 Å². The Morgan fingerprint density at radius 1 is 1.03 bits per heavy atom. The van der Waals surface area contributed by atoms with Gasteiger partial charge in [-0.3, -0.25) is 4.79 Å². The van der Waals surface area contributed by atoms with E-state index in [4.69, 9.17) is 9.47 Å². The van der Waals surface area contributed by atoms with Gasteiger partial charge in [0.1, 0.15) is 6.79 Å². The van der Waals surface area contributed by atoms with Crippen molar-refractivity contribution in [3.63, 3.8) is 0 Å². The second kappa shape index (κ2) is 10.1. The third-order valence-electron chi connectivity index (χ3n) is 10.7. The molecular weight excluding hydrogens is 412 g/mol. The number of fused-ring (bicyclic) bond motifs is 5. The molecule has 0 aromatic rings. The molecule has 0 aromatic heterocycles. The summed E-state index contributed by atoms with van der Waals surface area (Å²) in [6.07, 6.45) is 14.0. The highest BCUT2D eigenvalue weighted by Crippen LogP contribution is 2.66. The van der Waals surface area contributed by atoms with Crippen LogP contribution in [0.2, 0.25) is 0 Å². The Morgan fingerprint density at radius 2 is 1.76 bits per heavy atom. The molecule has 0 amide bonds. The van der Waals surface area contributed by atoms with Gasteiger partial charge in [0.2, 0.25) is 0 Å². The third kappa shape index (κ3) is 4.61. The second-order valence-electron chi connectivity index (χ2n) is 12.6. The second-order valence-corrected chi connectivity index (χ2v) is 12.6. The van der Waals surface area contributed by atoms with Gasteiger partial charge < -0.3 is 14.6 Å². The molecule has 1 N–H and O–H groups in total. The van der Waals surface area contributed by atoms with Crippen molar-refractivity contribution in [1.82, 2.24) is 0 Å². The number of allylic oxidation sites excluding steroid dienone is 2. The predicted octanol–water partition coefficient (Wildman–Crippen LogP) is 6.17. The maximum absolute atomic E-state index is 13.5. The summed E-state index contributed by atoms with van der Waals surface area (Å²) < 4.78 is 11.0. The number of hydrogen-bond acceptors (Lipinski definition) is 4. The number of methoxy groups -OCH3 is 1. The van der Waals surface area contributed by atoms with E-state index >= 15 is 0 Å². The minimum atomic E-state index is 0.0968. The minimum absolute atomic E-state index is 0.0968. The number of carbonyl (C=O) groups is 1. The summed E-state index contributed by atoms with van der Waals surface area (Å²) in [7, 11) is 1.66. The number of hydrogen-bond donors (Lipinski definition) is 1. The van der Waals surface area contributed by atoms with Crippen molar-refractivity contribution < 1.29 is 19.4 Å². The van der Waals surface area contributed by atoms with E-state index in [2.05, 4.69) is 33.8 Å². The van der Waals surface area contributed by atoms with Gasteiger partial charge in [0, 0.05) is 19.6 Å². The normalized spacial score (nSPS) is 42.2. The van der Waals surface area contributed by atoms with E-state index in [1.54, 1.807) is 7.11 Å². The molecule has 0 spiro atoms. The van der Waals surface area contributed by atoms with E-state index in [1.165, 1.54) is 44.1 Å². The molecule has 4 aliphatic rings. The molecule has 4 heteroatoms. The van der Waals surface area contributed by atoms with Crippen LogP contribution in [0.5, 0.6) is 0 Å². The van der Waals surface area contributed by atoms with Crippen LogP contribution in [0.3, 0.4) is 0 Å². The molecule has 4 nitrogen and oxygen atoms in total. The maximum atomic E-state index is 13.5. The maximum Gasteiger partial charge on any atom is 0.159 e. The van der Waals surface area contributed by atoms with Crippen LogP contribution >= 0.6 is 0 Å². The highest BCUT2D eigenvalue weighted by molar-refractivity contribution is 5.94. The fourth-order valence-corrected chi connectivity index (χ4v) is 8.70. The molecule has 3 saturated carbocycles. The number of ketones is 1. The largest absolute Gasteiger partial charge is 0.396 e. The van der Waals surface area contributed by atoms with Gasteiger partial charge in [-0.25, -0.2) is 0 Å². The molecular formula is C29H48O4. The Labute approximate surface area is 201 Å². The van der Waals surface area contributed by atoms with Gasteiger partial charge in [-0.2, -0.15) is 0 Å². The van der Waals surface area contributed by atoms with Gasteiger partial charge in [-0.15, -0.1) is 0 Å². The fraction of sp³-hybridized carbons (Fsp3) is 0.897. The molecule has 9 atom stereocenters. The highest BCUT2D eigenvalue weighted by Gasteiger charge is 2.59. The Bertz CT molecular complexity index is 731. The summed E-state index contributed by atoms with van der Waals surface area (Å²) in [4.78, 5) is 13.5. The summed E-state index contributed by atoms with van der Waals surface area (Å²) in [5, 5.41) is 9.35. The molecule has 3 unspecified atom stereocenters. The monoisotopic (exact) mass is 460 g/mol. The minimum Gasteiger partial charge on any atom is -0.396 e. The highest BCUT2D eigenvalue weighted by atomic mass is 16.7. The lowest BCUT2D eigenvalue weighted by Gasteiger charge is -2.57. The Kier molecular flexibility index (Phi) is 7.78. The zero-order chi connectivity index (χ0) is 23.8. The van der Waals surface area contributed by atoms with E-state index in [1.807, 2.05) is 0 Å². The fourth-order valence-electron chi connectivity index (χ4n) is 8.70. The molecule has 3 fully saturated rings. The average Bonchev–Trinajstić information content (AvgIpc) is 3.15. The van der Waals surface area contributed by atoms with Crippen LogP contribution in [0.15, 0.2) is 11.6 Å². The number of aliphatic hydroxyl groups excluding tert-OH is 1. The van der Waals surface area contributed by atoms with Crippen LogP contribution in [0.25, 0.3) is 0 Å². The molecule has 0 bridgehead atoms. The molecule has 0 aliphatic heterocycles. The Hall–Kier alpha value is -0.710. The molecule has 0 saturated heterocycles. The van der Waals surface area contributed by atoms with Gasteiger partial charge in [0.25, 0.3) is 0 Å². The SMILES string of the molecule is COCOC1CC[C@@]2(C)C(C1)C(=O)C=C1[C@@H]3CC[C@H]([C@H](C)CCCC(C)CO)[C@@]3(C)CC[C@@H]12. The van der Waals surface area contributed by atoms with Crippen molar-refractivity contribution in [2.75, 3.05) is 20.5 Å². The predicted molar refractivity (Wildman–Crippen MR) is 132 cm³/mol. The molecule has 4 aliphatic carbocycles. The molecule has 4 rings (SSSR count). The zero-order valence-corrected chi connectivity index (χ0v) is 21.8. The summed E-state index contributed by atoms with van der Waals surface area (Å²) in [6, 6.07) is 0. The molecule has 188 valence electrons. The average molecular weight is 461 g/mol. The van der Waals surface area contributed by atoms with Gasteiger partial charge in [0.15, 0.2) is 5.78 Å². The first kappa shape index (κ1) is 25.4. The van der Waals surface area contributed by atoms with Crippen LogP contribution in [-0.2, 0) is 14.3 Å². The topological polar surface area (TPSA) is 55.8 Å². The Balaban J connectivity index is 1.48. The van der Waals surface area contributed by atoms with Gasteiger partial charge in [-0.05, 0) is 97.9 Å². The summed E-state index contributed by atoms with van der Waals surface area (Å²) >= 11 is 0. The van der Waals surface area contributed by atoms with Crippen LogP contribution in [0.1, 0.15) is 91.9 Å². The first-order valence-electron chi connectivity index (χ1n) is 13.7. The van der Waals surface area contributed by atoms with E-state index in [0.717, 1.165) is 37.5 Å². The first-order valence-corrected chi connectivity index (χ1v) is 13.7. The van der Waals surface area contributed by atoms with Crippen molar-refractivity contribution in [2.45, 2.75) is 98.0 Å². The standard InChI is InChI=1S/C29H48O4/c1-19(17-30)7-6-8-20(2)23-9-10-24-22-16-27(31)26-15-21(33-18-32-5)11-13-29(26,4)25(22)12-14-28(23,24)3/h16,19-21,23-26,30H,6-15,17-18H2,1-5H3/t19?,20-,21?,23-,24+,25+,26?,28-,29-/m1/s1. The van der Waals surface area contributed by atoms with E-state index in [0.29, 0.717) is 42.4 Å². The number of aliphatic hydroxyl groups is 1. The lowest BCUT2D eigenvalue weighted by Crippen LogP contribution is -2.52.